The van der Waals surface area contributed by atoms with Crippen molar-refractivity contribution in [3.63, 3.8) is 0 Å². The second-order valence-electron chi connectivity index (χ2n) is 12.2. The normalized spacial score (nSPS) is 16.9. The highest BCUT2D eigenvalue weighted by Crippen LogP contribution is 2.19. The summed E-state index contributed by atoms with van der Waals surface area (Å²) in [4.78, 5) is 26.6. The first-order valence-electron chi connectivity index (χ1n) is 16.5. The highest BCUT2D eigenvalue weighted by molar-refractivity contribution is 7.92. The van der Waals surface area contributed by atoms with Crippen molar-refractivity contribution in [2.75, 3.05) is 25.4 Å². The van der Waals surface area contributed by atoms with Crippen LogP contribution in [0.25, 0.3) is 0 Å². The Bertz CT molecular complexity index is 1380. The van der Waals surface area contributed by atoms with Crippen LogP contribution < -0.4 is 21.7 Å². The molecular weight excluding hydrogens is 630 g/mol. The molecule has 3 rings (SSSR count). The summed E-state index contributed by atoms with van der Waals surface area (Å²) in [6.45, 7) is 7.39. The van der Waals surface area contributed by atoms with E-state index in [1.54, 1.807) is 0 Å². The molecule has 2 aromatic carbocycles. The van der Waals surface area contributed by atoms with Gasteiger partial charge in [-0.1, -0.05) is 57.9 Å². The van der Waals surface area contributed by atoms with E-state index >= 15 is 0 Å². The molecule has 13 heteroatoms. The number of alkyl carbamates (subject to hydrolysis) is 1. The molecule has 0 aliphatic carbocycles. The number of sulfone groups is 1. The minimum absolute atomic E-state index is 0.0399. The summed E-state index contributed by atoms with van der Waals surface area (Å²) in [5, 5.41) is 8.06. The molecule has 0 saturated carbocycles. The Balaban J connectivity index is 1.84. The highest BCUT2D eigenvalue weighted by Gasteiger charge is 2.36. The van der Waals surface area contributed by atoms with Gasteiger partial charge in [-0.25, -0.2) is 26.8 Å². The maximum Gasteiger partial charge on any atom is 0.408 e. The van der Waals surface area contributed by atoms with E-state index in [1.165, 1.54) is 0 Å². The summed E-state index contributed by atoms with van der Waals surface area (Å²) in [5.74, 6) is -3.21. The number of ether oxygens (including phenoxy) is 2. The van der Waals surface area contributed by atoms with Crippen molar-refractivity contribution in [1.82, 2.24) is 16.0 Å². The van der Waals surface area contributed by atoms with Gasteiger partial charge < -0.3 is 31.2 Å². The number of esters is 1. The number of halogens is 2. The minimum atomic E-state index is -3.85. The molecule has 1 amide bonds. The van der Waals surface area contributed by atoms with Gasteiger partial charge in [0.2, 0.25) is 0 Å². The summed E-state index contributed by atoms with van der Waals surface area (Å²) < 4.78 is 66.3. The van der Waals surface area contributed by atoms with E-state index in [0.29, 0.717) is 51.7 Å². The predicted octanol–water partition coefficient (Wildman–Crippen LogP) is 3.94. The Kier molecular flexibility index (Phi) is 15.5. The first kappa shape index (κ1) is 38.3. The number of amides is 1. The number of nitrogens with two attached hydrogens (primary N) is 1. The minimum Gasteiger partial charge on any atom is -0.458 e. The van der Waals surface area contributed by atoms with E-state index in [9.17, 15) is 26.8 Å². The van der Waals surface area contributed by atoms with Crippen molar-refractivity contribution in [2.45, 2.75) is 102 Å². The number of aryl methyl sites for hydroxylation is 1. The predicted molar refractivity (Wildman–Crippen MR) is 178 cm³/mol. The van der Waals surface area contributed by atoms with Crippen molar-refractivity contribution in [3.05, 3.63) is 70.8 Å². The molecule has 2 aromatic rings. The molecule has 0 spiro atoms. The topological polar surface area (TPSA) is 149 Å². The van der Waals surface area contributed by atoms with Gasteiger partial charge in [0.05, 0.1) is 11.0 Å². The average molecular weight is 681 g/mol. The Labute approximate surface area is 277 Å². The fourth-order valence-corrected chi connectivity index (χ4v) is 7.85. The van der Waals surface area contributed by atoms with Gasteiger partial charge in [-0.05, 0) is 67.5 Å². The zero-order valence-electron chi connectivity index (χ0n) is 27.6. The number of nitrogens with one attached hydrogen (secondary N) is 3. The van der Waals surface area contributed by atoms with Crippen molar-refractivity contribution >= 4 is 21.9 Å². The van der Waals surface area contributed by atoms with Gasteiger partial charge in [0.15, 0.2) is 9.84 Å². The fourth-order valence-electron chi connectivity index (χ4n) is 5.70. The van der Waals surface area contributed by atoms with Crippen molar-refractivity contribution in [3.8, 4) is 0 Å². The van der Waals surface area contributed by atoms with Crippen molar-refractivity contribution < 1.29 is 36.3 Å². The third-order valence-corrected chi connectivity index (χ3v) is 10.5. The van der Waals surface area contributed by atoms with Crippen LogP contribution in [-0.4, -0.2) is 75.4 Å². The van der Waals surface area contributed by atoms with Gasteiger partial charge in [-0.2, -0.15) is 0 Å². The Hall–Kier alpha value is -3.13. The monoisotopic (exact) mass is 680 g/mol. The standard InChI is InChI=1S/C34H50F2N4O6S/c1-4-8-29(9-5-2)47(43,44)22-31(40-34(42)45-28-12-13-38-20-28)33(41)46-32(21-39-19-24-11-7-10-23(6-3)14-24)30(37)17-25-15-26(35)18-27(36)16-25/h7,10-11,14-16,18,28-32,38-39H,4-6,8-9,12-13,17,19-22,37H2,1-3H3,(H,40,42)/t28-,30+,31+,32-/m1/s1. The van der Waals surface area contributed by atoms with Crippen LogP contribution in [0.5, 0.6) is 0 Å². The van der Waals surface area contributed by atoms with Crippen LogP contribution in [0.4, 0.5) is 13.6 Å². The molecule has 47 heavy (non-hydrogen) atoms. The zero-order valence-corrected chi connectivity index (χ0v) is 28.4. The van der Waals surface area contributed by atoms with Gasteiger partial charge in [0.1, 0.15) is 29.9 Å². The van der Waals surface area contributed by atoms with Crippen LogP contribution in [0.1, 0.15) is 69.6 Å². The molecule has 4 atom stereocenters. The molecule has 0 bridgehead atoms. The van der Waals surface area contributed by atoms with E-state index in [0.717, 1.165) is 35.7 Å². The van der Waals surface area contributed by atoms with Gasteiger partial charge >= 0.3 is 12.1 Å². The van der Waals surface area contributed by atoms with E-state index in [2.05, 4.69) is 16.0 Å². The average Bonchev–Trinajstić information content (AvgIpc) is 3.52. The summed E-state index contributed by atoms with van der Waals surface area (Å²) in [7, 11) is -3.85. The van der Waals surface area contributed by atoms with Crippen molar-refractivity contribution in [2.24, 2.45) is 5.73 Å². The lowest BCUT2D eigenvalue weighted by Crippen LogP contribution is -2.52. The van der Waals surface area contributed by atoms with Crippen LogP contribution in [-0.2, 0) is 43.5 Å². The lowest BCUT2D eigenvalue weighted by molar-refractivity contribution is -0.151. The second kappa shape index (κ2) is 19.0. The van der Waals surface area contributed by atoms with Crippen LogP contribution in [0.3, 0.4) is 0 Å². The molecule has 0 radical (unpaired) electrons. The summed E-state index contributed by atoms with van der Waals surface area (Å²) in [6, 6.07) is 8.50. The molecule has 1 aliphatic heterocycles. The largest absolute Gasteiger partial charge is 0.458 e. The number of carbonyl (C=O) groups excluding carboxylic acids is 2. The SMILES string of the molecule is CCCC(CCC)S(=O)(=O)C[C@H](NC(=O)O[C@@H]1CCNC1)C(=O)O[C@H](CNCc1cccc(CC)c1)[C@@H](N)Cc1cc(F)cc(F)c1. The third-order valence-electron chi connectivity index (χ3n) is 8.21. The third kappa shape index (κ3) is 12.8. The molecule has 5 N–H and O–H groups in total. The van der Waals surface area contributed by atoms with E-state index in [-0.39, 0.29) is 18.5 Å². The lowest BCUT2D eigenvalue weighted by atomic mass is 10.0. The maximum atomic E-state index is 14.0. The van der Waals surface area contributed by atoms with Crippen LogP contribution in [0.15, 0.2) is 42.5 Å². The molecule has 10 nitrogen and oxygen atoms in total. The van der Waals surface area contributed by atoms with E-state index in [1.807, 2.05) is 45.0 Å². The molecule has 1 heterocycles. The van der Waals surface area contributed by atoms with Crippen molar-refractivity contribution in [1.29, 1.82) is 0 Å². The molecular formula is C34H50F2N4O6S. The summed E-state index contributed by atoms with van der Waals surface area (Å²) in [6.07, 6.45) is 1.10. The zero-order chi connectivity index (χ0) is 34.4. The molecule has 0 unspecified atom stereocenters. The van der Waals surface area contributed by atoms with Crippen LogP contribution >= 0.6 is 0 Å². The Morgan fingerprint density at radius 3 is 2.32 bits per heavy atom. The Morgan fingerprint density at radius 1 is 1.02 bits per heavy atom. The van der Waals surface area contributed by atoms with Crippen LogP contribution in [0, 0.1) is 11.6 Å². The smallest absolute Gasteiger partial charge is 0.408 e. The quantitative estimate of drug-likeness (QED) is 0.162. The highest BCUT2D eigenvalue weighted by atomic mass is 32.2. The van der Waals surface area contributed by atoms with Gasteiger partial charge in [0, 0.05) is 31.7 Å². The summed E-state index contributed by atoms with van der Waals surface area (Å²) in [5.41, 5.74) is 8.89. The number of hydrogen-bond donors (Lipinski definition) is 4. The summed E-state index contributed by atoms with van der Waals surface area (Å²) >= 11 is 0. The van der Waals surface area contributed by atoms with Gasteiger partial charge in [-0.3, -0.25) is 0 Å². The number of carbonyl (C=O) groups is 2. The fraction of sp³-hybridized carbons (Fsp3) is 0.588. The first-order valence-corrected chi connectivity index (χ1v) is 18.2. The molecule has 0 aromatic heterocycles. The molecule has 262 valence electrons. The number of benzene rings is 2. The first-order chi connectivity index (χ1) is 22.4. The molecule has 1 aliphatic rings. The van der Waals surface area contributed by atoms with Gasteiger partial charge in [-0.15, -0.1) is 0 Å². The second-order valence-corrected chi connectivity index (χ2v) is 14.5. The lowest BCUT2D eigenvalue weighted by Gasteiger charge is -2.28. The van der Waals surface area contributed by atoms with Gasteiger partial charge in [0.25, 0.3) is 0 Å². The Morgan fingerprint density at radius 2 is 1.70 bits per heavy atom. The number of hydrogen-bond acceptors (Lipinski definition) is 9. The van der Waals surface area contributed by atoms with E-state index in [4.69, 9.17) is 15.2 Å². The molecule has 1 fully saturated rings. The van der Waals surface area contributed by atoms with Crippen LogP contribution in [0.2, 0.25) is 0 Å². The van der Waals surface area contributed by atoms with E-state index < -0.39 is 68.8 Å². The molecule has 1 saturated heterocycles. The number of rotatable bonds is 19. The maximum absolute atomic E-state index is 14.0.